The van der Waals surface area contributed by atoms with Crippen LogP contribution in [0.3, 0.4) is 0 Å². The van der Waals surface area contributed by atoms with Gasteiger partial charge in [-0.1, -0.05) is 32.8 Å². The molecule has 1 nitrogen and oxygen atoms in total. The molecule has 80 valence electrons. The predicted octanol–water partition coefficient (Wildman–Crippen LogP) is 3.59. The van der Waals surface area contributed by atoms with Gasteiger partial charge in [0.25, 0.3) is 0 Å². The van der Waals surface area contributed by atoms with Crippen molar-refractivity contribution in [1.29, 1.82) is 0 Å². The number of hydrogen-bond acceptors (Lipinski definition) is 1. The average Bonchev–Trinajstić information content (AvgIpc) is 2.02. The molecule has 0 saturated carbocycles. The summed E-state index contributed by atoms with van der Waals surface area (Å²) in [7, 11) is -1.55. The second-order valence-electron chi connectivity index (χ2n) is 4.97. The molecule has 0 N–H and O–H groups in total. The van der Waals surface area contributed by atoms with Gasteiger partial charge in [0.2, 0.25) is 0 Å². The van der Waals surface area contributed by atoms with Gasteiger partial charge in [-0.2, -0.15) is 0 Å². The van der Waals surface area contributed by atoms with Crippen LogP contribution in [0, 0.1) is 12.3 Å². The maximum absolute atomic E-state index is 5.96. The molecule has 0 aromatic rings. The fourth-order valence-corrected chi connectivity index (χ4v) is 1.81. The molecule has 0 fully saturated rings. The summed E-state index contributed by atoms with van der Waals surface area (Å²) in [6.45, 7) is 12.0. The van der Waals surface area contributed by atoms with Gasteiger partial charge in [0, 0.05) is 6.61 Å². The molecule has 0 aromatic carbocycles. The third-order valence-electron chi connectivity index (χ3n) is 2.77. The molecule has 0 heterocycles. The highest BCUT2D eigenvalue weighted by atomic mass is 28.4. The third kappa shape index (κ3) is 4.64. The standard InChI is InChI=1S/C12H22OSi/c1-7-8-9-10-11-13-14(5,6)12(2,3)4/h1,8-9H,10-11H2,2-6H3/b9-8+. The number of hydrogen-bond donors (Lipinski definition) is 0. The third-order valence-corrected chi connectivity index (χ3v) is 7.31. The van der Waals surface area contributed by atoms with Crippen LogP contribution in [0.2, 0.25) is 18.1 Å². The molecule has 0 atom stereocenters. The first kappa shape index (κ1) is 13.5. The normalized spacial score (nSPS) is 13.1. The van der Waals surface area contributed by atoms with Crippen LogP contribution in [-0.4, -0.2) is 14.9 Å². The Hall–Kier alpha value is -0.523. The van der Waals surface area contributed by atoms with Crippen molar-refractivity contribution in [2.45, 2.75) is 45.3 Å². The summed E-state index contributed by atoms with van der Waals surface area (Å²) < 4.78 is 5.96. The summed E-state index contributed by atoms with van der Waals surface area (Å²) in [6.07, 6.45) is 9.72. The average molecular weight is 210 g/mol. The van der Waals surface area contributed by atoms with Gasteiger partial charge in [0.05, 0.1) is 0 Å². The Morgan fingerprint density at radius 2 is 1.93 bits per heavy atom. The van der Waals surface area contributed by atoms with Crippen LogP contribution < -0.4 is 0 Å². The molecule has 0 unspecified atom stereocenters. The highest BCUT2D eigenvalue weighted by Crippen LogP contribution is 2.36. The molecule has 0 aliphatic rings. The van der Waals surface area contributed by atoms with Crippen LogP contribution in [0.15, 0.2) is 12.2 Å². The van der Waals surface area contributed by atoms with Gasteiger partial charge in [0.1, 0.15) is 0 Å². The fourth-order valence-electron chi connectivity index (χ4n) is 0.750. The van der Waals surface area contributed by atoms with Crippen LogP contribution in [0.1, 0.15) is 27.2 Å². The van der Waals surface area contributed by atoms with Gasteiger partial charge in [-0.3, -0.25) is 0 Å². The summed E-state index contributed by atoms with van der Waals surface area (Å²) in [5.74, 6) is 2.47. The first-order valence-electron chi connectivity index (χ1n) is 5.06. The van der Waals surface area contributed by atoms with E-state index in [9.17, 15) is 0 Å². The minimum absolute atomic E-state index is 0.294. The van der Waals surface area contributed by atoms with E-state index in [0.717, 1.165) is 13.0 Å². The van der Waals surface area contributed by atoms with E-state index in [2.05, 4.69) is 39.8 Å². The molecule has 0 amide bonds. The van der Waals surface area contributed by atoms with Gasteiger partial charge in [0.15, 0.2) is 8.32 Å². The van der Waals surface area contributed by atoms with Crippen LogP contribution in [-0.2, 0) is 4.43 Å². The van der Waals surface area contributed by atoms with Crippen molar-refractivity contribution < 1.29 is 4.43 Å². The maximum atomic E-state index is 5.96. The van der Waals surface area contributed by atoms with Gasteiger partial charge in [-0.15, -0.1) is 6.42 Å². The second-order valence-corrected chi connectivity index (χ2v) is 9.78. The Morgan fingerprint density at radius 3 is 2.36 bits per heavy atom. The van der Waals surface area contributed by atoms with Gasteiger partial charge in [-0.05, 0) is 30.6 Å². The SMILES string of the molecule is C#C/C=C/CCO[Si](C)(C)C(C)(C)C. The van der Waals surface area contributed by atoms with Gasteiger partial charge in [-0.25, -0.2) is 0 Å². The summed E-state index contributed by atoms with van der Waals surface area (Å²) in [4.78, 5) is 0. The Kier molecular flexibility index (Phi) is 5.18. The second kappa shape index (κ2) is 5.38. The molecule has 0 aliphatic carbocycles. The highest BCUT2D eigenvalue weighted by molar-refractivity contribution is 6.74. The molecular weight excluding hydrogens is 188 g/mol. The van der Waals surface area contributed by atoms with Crippen molar-refractivity contribution in [1.82, 2.24) is 0 Å². The number of rotatable bonds is 4. The lowest BCUT2D eigenvalue weighted by Crippen LogP contribution is -2.40. The first-order valence-corrected chi connectivity index (χ1v) is 7.97. The van der Waals surface area contributed by atoms with Crippen LogP contribution in [0.5, 0.6) is 0 Å². The van der Waals surface area contributed by atoms with Crippen molar-refractivity contribution in [3.8, 4) is 12.3 Å². The van der Waals surface area contributed by atoms with E-state index in [1.165, 1.54) is 0 Å². The molecule has 0 rings (SSSR count). The Balaban J connectivity index is 3.90. The van der Waals surface area contributed by atoms with E-state index in [1.807, 2.05) is 6.08 Å². The maximum Gasteiger partial charge on any atom is 0.191 e. The zero-order valence-corrected chi connectivity index (χ0v) is 11.1. The Bertz CT molecular complexity index is 228. The zero-order chi connectivity index (χ0) is 11.2. The Labute approximate surface area is 89.7 Å². The van der Waals surface area contributed by atoms with Gasteiger partial charge < -0.3 is 4.43 Å². The van der Waals surface area contributed by atoms with Crippen molar-refractivity contribution in [3.05, 3.63) is 12.2 Å². The minimum Gasteiger partial charge on any atom is -0.417 e. The smallest absolute Gasteiger partial charge is 0.191 e. The van der Waals surface area contributed by atoms with E-state index in [4.69, 9.17) is 10.8 Å². The molecule has 2 heteroatoms. The number of terminal acetylenes is 1. The van der Waals surface area contributed by atoms with Gasteiger partial charge >= 0.3 is 0 Å². The van der Waals surface area contributed by atoms with Crippen LogP contribution >= 0.6 is 0 Å². The van der Waals surface area contributed by atoms with Crippen molar-refractivity contribution >= 4 is 8.32 Å². The first-order chi connectivity index (χ1) is 6.31. The zero-order valence-electron chi connectivity index (χ0n) is 10.1. The lowest BCUT2D eigenvalue weighted by Gasteiger charge is -2.36. The van der Waals surface area contributed by atoms with E-state index in [0.29, 0.717) is 5.04 Å². The summed E-state index contributed by atoms with van der Waals surface area (Å²) in [5.41, 5.74) is 0. The summed E-state index contributed by atoms with van der Waals surface area (Å²) in [5, 5.41) is 0.294. The fraction of sp³-hybridized carbons (Fsp3) is 0.667. The Morgan fingerprint density at radius 1 is 1.36 bits per heavy atom. The van der Waals surface area contributed by atoms with Crippen LogP contribution in [0.25, 0.3) is 0 Å². The molecule has 0 spiro atoms. The van der Waals surface area contributed by atoms with E-state index in [-0.39, 0.29) is 0 Å². The van der Waals surface area contributed by atoms with Crippen molar-refractivity contribution in [3.63, 3.8) is 0 Å². The monoisotopic (exact) mass is 210 g/mol. The molecule has 0 saturated heterocycles. The summed E-state index contributed by atoms with van der Waals surface area (Å²) >= 11 is 0. The molecular formula is C12H22OSi. The van der Waals surface area contributed by atoms with E-state index < -0.39 is 8.32 Å². The molecule has 14 heavy (non-hydrogen) atoms. The molecule has 0 radical (unpaired) electrons. The quantitative estimate of drug-likeness (QED) is 0.391. The molecule has 0 aromatic heterocycles. The lowest BCUT2D eigenvalue weighted by atomic mass is 10.2. The van der Waals surface area contributed by atoms with E-state index in [1.54, 1.807) is 6.08 Å². The minimum atomic E-state index is -1.55. The summed E-state index contributed by atoms with van der Waals surface area (Å²) in [6, 6.07) is 0. The molecule has 0 aliphatic heterocycles. The lowest BCUT2D eigenvalue weighted by molar-refractivity contribution is 0.294. The van der Waals surface area contributed by atoms with Crippen molar-refractivity contribution in [2.24, 2.45) is 0 Å². The van der Waals surface area contributed by atoms with Crippen LogP contribution in [0.4, 0.5) is 0 Å². The van der Waals surface area contributed by atoms with E-state index >= 15 is 0 Å². The highest BCUT2D eigenvalue weighted by Gasteiger charge is 2.36. The number of allylic oxidation sites excluding steroid dienone is 1. The molecule has 0 bridgehead atoms. The topological polar surface area (TPSA) is 9.23 Å². The van der Waals surface area contributed by atoms with Crippen molar-refractivity contribution in [2.75, 3.05) is 6.61 Å². The largest absolute Gasteiger partial charge is 0.417 e. The predicted molar refractivity (Wildman–Crippen MR) is 65.7 cm³/mol.